The number of aliphatic hydroxyl groups excluding tert-OH is 4. The van der Waals surface area contributed by atoms with Gasteiger partial charge in [-0.15, -0.1) is 0 Å². The fourth-order valence-corrected chi connectivity index (χ4v) is 5.36. The second-order valence-electron chi connectivity index (χ2n) is 12.3. The molecule has 0 amide bonds. The second kappa shape index (κ2) is 26.9. The molecule has 1 rings (SSSR count). The summed E-state index contributed by atoms with van der Waals surface area (Å²) in [5.41, 5.74) is 0. The predicted octanol–water partition coefficient (Wildman–Crippen LogP) is 5.49. The highest BCUT2D eigenvalue weighted by atomic mass is 16.7. The van der Waals surface area contributed by atoms with E-state index in [4.69, 9.17) is 18.9 Å². The van der Waals surface area contributed by atoms with Gasteiger partial charge in [-0.1, -0.05) is 123 Å². The van der Waals surface area contributed by atoms with Crippen LogP contribution in [-0.2, 0) is 28.5 Å². The third-order valence-electron chi connectivity index (χ3n) is 8.24. The molecule has 0 spiro atoms. The van der Waals surface area contributed by atoms with Crippen LogP contribution in [0.5, 0.6) is 0 Å². The first kappa shape index (κ1) is 40.7. The third kappa shape index (κ3) is 19.3. The van der Waals surface area contributed by atoms with Crippen LogP contribution in [0.4, 0.5) is 0 Å². The average molecular weight is 633 g/mol. The number of aliphatic hydroxyl groups is 4. The summed E-state index contributed by atoms with van der Waals surface area (Å²) < 4.78 is 21.9. The maximum absolute atomic E-state index is 12.6. The Kier molecular flexibility index (Phi) is 24.9. The Morgan fingerprint density at radius 1 is 0.614 bits per heavy atom. The van der Waals surface area contributed by atoms with Crippen LogP contribution in [0.25, 0.3) is 0 Å². The molecule has 44 heavy (non-hydrogen) atoms. The summed E-state index contributed by atoms with van der Waals surface area (Å²) >= 11 is 0. The lowest BCUT2D eigenvalue weighted by Gasteiger charge is -2.39. The van der Waals surface area contributed by atoms with E-state index < -0.39 is 49.4 Å². The molecule has 0 aliphatic carbocycles. The summed E-state index contributed by atoms with van der Waals surface area (Å²) in [5.74, 6) is -0.807. The van der Waals surface area contributed by atoms with Gasteiger partial charge in [0, 0.05) is 12.8 Å². The topological polar surface area (TPSA) is 152 Å². The van der Waals surface area contributed by atoms with Crippen molar-refractivity contribution in [2.24, 2.45) is 0 Å². The van der Waals surface area contributed by atoms with Crippen LogP contribution >= 0.6 is 0 Å². The first-order valence-corrected chi connectivity index (χ1v) is 17.6. The zero-order chi connectivity index (χ0) is 32.4. The molecule has 0 radical (unpaired) electrons. The largest absolute Gasteiger partial charge is 0.462 e. The lowest BCUT2D eigenvalue weighted by Crippen LogP contribution is -2.59. The molecule has 0 unspecified atom stereocenters. The minimum atomic E-state index is -1.59. The molecule has 1 aliphatic heterocycles. The average Bonchev–Trinajstić information content (AvgIpc) is 3.02. The molecule has 0 saturated carbocycles. The van der Waals surface area contributed by atoms with Crippen molar-refractivity contribution < 1.29 is 49.0 Å². The Morgan fingerprint density at radius 2 is 1.07 bits per heavy atom. The fourth-order valence-electron chi connectivity index (χ4n) is 5.36. The second-order valence-corrected chi connectivity index (χ2v) is 12.3. The van der Waals surface area contributed by atoms with E-state index in [0.717, 1.165) is 38.5 Å². The van der Waals surface area contributed by atoms with Gasteiger partial charge < -0.3 is 39.4 Å². The van der Waals surface area contributed by atoms with Crippen LogP contribution in [0.1, 0.15) is 149 Å². The molecule has 4 N–H and O–H groups in total. The quantitative estimate of drug-likeness (QED) is 0.0644. The van der Waals surface area contributed by atoms with Crippen LogP contribution < -0.4 is 0 Å². The summed E-state index contributed by atoms with van der Waals surface area (Å²) in [7, 11) is 0. The highest BCUT2D eigenvalue weighted by Gasteiger charge is 2.44. The van der Waals surface area contributed by atoms with E-state index in [9.17, 15) is 30.0 Å². The predicted molar refractivity (Wildman–Crippen MR) is 169 cm³/mol. The van der Waals surface area contributed by atoms with E-state index in [1.165, 1.54) is 77.0 Å². The van der Waals surface area contributed by atoms with Crippen molar-refractivity contribution >= 4 is 11.9 Å². The number of ether oxygens (including phenoxy) is 4. The van der Waals surface area contributed by atoms with Crippen LogP contribution in [-0.4, -0.2) is 89.0 Å². The SMILES string of the molecule is CCCCCCCCCCCCC(=O)OC[C@H](CO[C@@H]1O[C@H](CO)[C@H](O)[C@H](O)[C@H]1O)OC(=O)CCCCCCCCCCC. The molecule has 0 aromatic carbocycles. The molecule has 0 bridgehead atoms. The number of esters is 2. The number of carbonyl (C=O) groups excluding carboxylic acids is 2. The van der Waals surface area contributed by atoms with E-state index in [2.05, 4.69) is 13.8 Å². The Morgan fingerprint density at radius 3 is 1.55 bits per heavy atom. The normalized spacial score (nSPS) is 22.5. The molecular weight excluding hydrogens is 568 g/mol. The first-order chi connectivity index (χ1) is 21.3. The molecule has 1 saturated heterocycles. The van der Waals surface area contributed by atoms with Crippen molar-refractivity contribution in [3.63, 3.8) is 0 Å². The molecule has 0 aromatic heterocycles. The molecule has 1 heterocycles. The summed E-state index contributed by atoms with van der Waals surface area (Å²) in [6.45, 7) is 3.36. The van der Waals surface area contributed by atoms with E-state index in [-0.39, 0.29) is 32.0 Å². The molecule has 6 atom stereocenters. The molecule has 0 aromatic rings. The molecule has 10 nitrogen and oxygen atoms in total. The van der Waals surface area contributed by atoms with Crippen molar-refractivity contribution in [3.8, 4) is 0 Å². The van der Waals surface area contributed by atoms with Crippen molar-refractivity contribution in [3.05, 3.63) is 0 Å². The zero-order valence-corrected chi connectivity index (χ0v) is 27.7. The van der Waals surface area contributed by atoms with Gasteiger partial charge in [-0.25, -0.2) is 0 Å². The highest BCUT2D eigenvalue weighted by molar-refractivity contribution is 5.70. The van der Waals surface area contributed by atoms with Gasteiger partial charge in [-0.05, 0) is 12.8 Å². The Hall–Kier alpha value is -1.30. The Bertz CT molecular complexity index is 704. The maximum atomic E-state index is 12.6. The first-order valence-electron chi connectivity index (χ1n) is 17.6. The van der Waals surface area contributed by atoms with E-state index in [1.807, 2.05) is 0 Å². The minimum absolute atomic E-state index is 0.211. The Balaban J connectivity index is 2.44. The molecule has 260 valence electrons. The standard InChI is InChI=1S/C34H64O10/c1-3-5-7-9-11-13-15-16-18-20-22-29(36)41-25-27(26-42-34-33(40)32(39)31(38)28(24-35)44-34)43-30(37)23-21-19-17-14-12-10-8-6-4-2/h27-28,31-35,38-40H,3-26H2,1-2H3/t27-,28-,31+,32+,33-,34-/m1/s1. The number of hydrogen-bond acceptors (Lipinski definition) is 10. The van der Waals surface area contributed by atoms with Gasteiger partial charge in [0.2, 0.25) is 0 Å². The summed E-state index contributed by atoms with van der Waals surface area (Å²) in [4.78, 5) is 25.0. The van der Waals surface area contributed by atoms with Crippen LogP contribution in [0.15, 0.2) is 0 Å². The highest BCUT2D eigenvalue weighted by Crippen LogP contribution is 2.22. The Labute approximate surface area is 266 Å². The van der Waals surface area contributed by atoms with Gasteiger partial charge in [-0.2, -0.15) is 0 Å². The number of unbranched alkanes of at least 4 members (excludes halogenated alkanes) is 17. The van der Waals surface area contributed by atoms with Crippen molar-refractivity contribution in [2.45, 2.75) is 185 Å². The van der Waals surface area contributed by atoms with Crippen molar-refractivity contribution in [1.82, 2.24) is 0 Å². The van der Waals surface area contributed by atoms with Gasteiger partial charge in [0.05, 0.1) is 13.2 Å². The van der Waals surface area contributed by atoms with Crippen molar-refractivity contribution in [2.75, 3.05) is 19.8 Å². The van der Waals surface area contributed by atoms with Crippen LogP contribution in [0.2, 0.25) is 0 Å². The lowest BCUT2D eigenvalue weighted by molar-refractivity contribution is -0.305. The van der Waals surface area contributed by atoms with Gasteiger partial charge in [0.25, 0.3) is 0 Å². The molecule has 1 fully saturated rings. The summed E-state index contributed by atoms with van der Waals surface area (Å²) in [6, 6.07) is 0. The number of hydrogen-bond donors (Lipinski definition) is 4. The fraction of sp³-hybridized carbons (Fsp3) is 0.941. The van der Waals surface area contributed by atoms with Gasteiger partial charge >= 0.3 is 11.9 Å². The number of rotatable bonds is 28. The van der Waals surface area contributed by atoms with Crippen LogP contribution in [0, 0.1) is 0 Å². The third-order valence-corrected chi connectivity index (χ3v) is 8.24. The lowest BCUT2D eigenvalue weighted by atomic mass is 9.99. The molecule has 1 aliphatic rings. The monoisotopic (exact) mass is 632 g/mol. The van der Waals surface area contributed by atoms with E-state index >= 15 is 0 Å². The van der Waals surface area contributed by atoms with E-state index in [1.54, 1.807) is 0 Å². The van der Waals surface area contributed by atoms with Crippen molar-refractivity contribution in [1.29, 1.82) is 0 Å². The maximum Gasteiger partial charge on any atom is 0.306 e. The molecule has 10 heteroatoms. The smallest absolute Gasteiger partial charge is 0.306 e. The molecular formula is C34H64O10. The van der Waals surface area contributed by atoms with Gasteiger partial charge in [-0.3, -0.25) is 9.59 Å². The summed E-state index contributed by atoms with van der Waals surface area (Å²) in [5, 5.41) is 39.7. The summed E-state index contributed by atoms with van der Waals surface area (Å²) in [6.07, 6.45) is 14.2. The minimum Gasteiger partial charge on any atom is -0.462 e. The van der Waals surface area contributed by atoms with Gasteiger partial charge in [0.1, 0.15) is 31.0 Å². The number of carbonyl (C=O) groups is 2. The van der Waals surface area contributed by atoms with E-state index in [0.29, 0.717) is 6.42 Å². The zero-order valence-electron chi connectivity index (χ0n) is 27.7. The van der Waals surface area contributed by atoms with Gasteiger partial charge in [0.15, 0.2) is 12.4 Å². The van der Waals surface area contributed by atoms with Crippen LogP contribution in [0.3, 0.4) is 0 Å².